The SMILES string of the molecule is CCNC(=NCC(O)c1ccc(Cl)c(F)c1)NCCc1ccco1. The van der Waals surface area contributed by atoms with Crippen LogP contribution in [0, 0.1) is 5.82 Å². The van der Waals surface area contributed by atoms with Gasteiger partial charge in [0.1, 0.15) is 11.6 Å². The largest absolute Gasteiger partial charge is 0.469 e. The highest BCUT2D eigenvalue weighted by Gasteiger charge is 2.10. The fourth-order valence-electron chi connectivity index (χ4n) is 2.10. The Kier molecular flexibility index (Phi) is 7.08. The Morgan fingerprint density at radius 1 is 1.38 bits per heavy atom. The molecule has 0 amide bonds. The summed E-state index contributed by atoms with van der Waals surface area (Å²) in [6, 6.07) is 7.98. The first-order valence-corrected chi connectivity index (χ1v) is 8.15. The van der Waals surface area contributed by atoms with Crippen molar-refractivity contribution in [2.75, 3.05) is 19.6 Å². The molecule has 2 aromatic rings. The number of halogens is 2. The molecule has 1 heterocycles. The summed E-state index contributed by atoms with van der Waals surface area (Å²) in [4.78, 5) is 4.32. The fraction of sp³-hybridized carbons (Fsp3) is 0.353. The lowest BCUT2D eigenvalue weighted by molar-refractivity contribution is 0.186. The van der Waals surface area contributed by atoms with Crippen LogP contribution in [0.4, 0.5) is 4.39 Å². The lowest BCUT2D eigenvalue weighted by atomic mass is 10.1. The maximum absolute atomic E-state index is 13.4. The van der Waals surface area contributed by atoms with E-state index in [1.165, 1.54) is 12.1 Å². The molecule has 2 rings (SSSR count). The number of hydrogen-bond acceptors (Lipinski definition) is 3. The topological polar surface area (TPSA) is 69.8 Å². The molecule has 1 unspecified atom stereocenters. The average molecular weight is 354 g/mol. The summed E-state index contributed by atoms with van der Waals surface area (Å²) < 4.78 is 18.7. The second-order valence-corrected chi connectivity index (χ2v) is 5.57. The van der Waals surface area contributed by atoms with Crippen molar-refractivity contribution < 1.29 is 13.9 Å². The quantitative estimate of drug-likeness (QED) is 0.529. The molecular weight excluding hydrogens is 333 g/mol. The molecule has 1 atom stereocenters. The summed E-state index contributed by atoms with van der Waals surface area (Å²) in [5.74, 6) is 0.910. The zero-order chi connectivity index (χ0) is 17.4. The smallest absolute Gasteiger partial charge is 0.191 e. The van der Waals surface area contributed by atoms with Crippen LogP contribution in [0.3, 0.4) is 0 Å². The minimum Gasteiger partial charge on any atom is -0.469 e. The molecule has 24 heavy (non-hydrogen) atoms. The first kappa shape index (κ1) is 18.3. The van der Waals surface area contributed by atoms with Gasteiger partial charge in [-0.2, -0.15) is 0 Å². The van der Waals surface area contributed by atoms with Crippen LogP contribution in [0.15, 0.2) is 46.0 Å². The number of aliphatic hydroxyl groups excluding tert-OH is 1. The van der Waals surface area contributed by atoms with Crippen LogP contribution in [0.2, 0.25) is 5.02 Å². The number of nitrogens with one attached hydrogen (secondary N) is 2. The third kappa shape index (κ3) is 5.54. The highest BCUT2D eigenvalue weighted by molar-refractivity contribution is 6.30. The van der Waals surface area contributed by atoms with Crippen molar-refractivity contribution in [3.63, 3.8) is 0 Å². The molecule has 3 N–H and O–H groups in total. The Hall–Kier alpha value is -2.05. The molecule has 1 aromatic heterocycles. The lowest BCUT2D eigenvalue weighted by Crippen LogP contribution is -2.38. The van der Waals surface area contributed by atoms with Crippen molar-refractivity contribution in [1.82, 2.24) is 10.6 Å². The van der Waals surface area contributed by atoms with Gasteiger partial charge < -0.3 is 20.2 Å². The molecule has 0 aliphatic rings. The van der Waals surface area contributed by atoms with Crippen LogP contribution in [-0.2, 0) is 6.42 Å². The number of guanidine groups is 1. The molecule has 5 nitrogen and oxygen atoms in total. The van der Waals surface area contributed by atoms with Crippen molar-refractivity contribution in [2.24, 2.45) is 4.99 Å². The number of benzene rings is 1. The molecule has 0 saturated carbocycles. The van der Waals surface area contributed by atoms with Gasteiger partial charge in [-0.25, -0.2) is 4.39 Å². The van der Waals surface area contributed by atoms with Crippen LogP contribution in [0.5, 0.6) is 0 Å². The first-order chi connectivity index (χ1) is 11.6. The molecule has 0 radical (unpaired) electrons. The summed E-state index contributed by atoms with van der Waals surface area (Å²) >= 11 is 5.64. The van der Waals surface area contributed by atoms with Crippen LogP contribution in [0.25, 0.3) is 0 Å². The van der Waals surface area contributed by atoms with Crippen molar-refractivity contribution in [3.05, 3.63) is 58.8 Å². The van der Waals surface area contributed by atoms with E-state index in [-0.39, 0.29) is 11.6 Å². The van der Waals surface area contributed by atoms with Gasteiger partial charge in [0.2, 0.25) is 0 Å². The van der Waals surface area contributed by atoms with Gasteiger partial charge in [-0.1, -0.05) is 17.7 Å². The van der Waals surface area contributed by atoms with Crippen LogP contribution >= 0.6 is 11.6 Å². The molecular formula is C17H21ClFN3O2. The van der Waals surface area contributed by atoms with Gasteiger partial charge >= 0.3 is 0 Å². The Morgan fingerprint density at radius 2 is 2.21 bits per heavy atom. The van der Waals surface area contributed by atoms with Gasteiger partial charge in [0, 0.05) is 19.5 Å². The van der Waals surface area contributed by atoms with E-state index in [0.29, 0.717) is 24.6 Å². The minimum absolute atomic E-state index is 0.0300. The van der Waals surface area contributed by atoms with Crippen molar-refractivity contribution >= 4 is 17.6 Å². The second kappa shape index (κ2) is 9.30. The predicted molar refractivity (Wildman–Crippen MR) is 92.8 cm³/mol. The maximum Gasteiger partial charge on any atom is 0.191 e. The zero-order valence-electron chi connectivity index (χ0n) is 13.4. The van der Waals surface area contributed by atoms with Gasteiger partial charge in [0.15, 0.2) is 5.96 Å². The molecule has 0 aliphatic carbocycles. The highest BCUT2D eigenvalue weighted by Crippen LogP contribution is 2.20. The Balaban J connectivity index is 1.89. The van der Waals surface area contributed by atoms with Gasteiger partial charge in [-0.3, -0.25) is 4.99 Å². The molecule has 0 spiro atoms. The summed E-state index contributed by atoms with van der Waals surface area (Å²) in [7, 11) is 0. The van der Waals surface area contributed by atoms with E-state index in [9.17, 15) is 9.50 Å². The number of nitrogens with zero attached hydrogens (tertiary/aromatic N) is 1. The highest BCUT2D eigenvalue weighted by atomic mass is 35.5. The number of rotatable bonds is 7. The number of hydrogen-bond donors (Lipinski definition) is 3. The van der Waals surface area contributed by atoms with Gasteiger partial charge in [-0.05, 0) is 36.8 Å². The monoisotopic (exact) mass is 353 g/mol. The fourth-order valence-corrected chi connectivity index (χ4v) is 2.22. The molecule has 7 heteroatoms. The van der Waals surface area contributed by atoms with Crippen molar-refractivity contribution in [1.29, 1.82) is 0 Å². The first-order valence-electron chi connectivity index (χ1n) is 7.77. The standard InChI is InChI=1S/C17H21ClFN3O2/c1-2-20-17(21-8-7-13-4-3-9-24-13)22-11-16(23)12-5-6-14(18)15(19)10-12/h3-6,9-10,16,23H,2,7-8,11H2,1H3,(H2,20,21,22). The van der Waals surface area contributed by atoms with E-state index in [1.807, 2.05) is 19.1 Å². The average Bonchev–Trinajstić information content (AvgIpc) is 3.08. The van der Waals surface area contributed by atoms with E-state index in [4.69, 9.17) is 16.0 Å². The third-order valence-electron chi connectivity index (χ3n) is 3.34. The summed E-state index contributed by atoms with van der Waals surface area (Å²) in [6.45, 7) is 3.40. The molecule has 1 aromatic carbocycles. The molecule has 0 bridgehead atoms. The summed E-state index contributed by atoms with van der Waals surface area (Å²) in [6.07, 6.45) is 1.45. The Labute approximate surface area is 145 Å². The molecule has 130 valence electrons. The zero-order valence-corrected chi connectivity index (χ0v) is 14.2. The molecule has 0 aliphatic heterocycles. The van der Waals surface area contributed by atoms with Gasteiger partial charge in [-0.15, -0.1) is 0 Å². The van der Waals surface area contributed by atoms with Crippen LogP contribution in [-0.4, -0.2) is 30.7 Å². The van der Waals surface area contributed by atoms with E-state index >= 15 is 0 Å². The number of aliphatic imine (C=N–C) groups is 1. The maximum atomic E-state index is 13.4. The molecule has 0 fully saturated rings. The second-order valence-electron chi connectivity index (χ2n) is 5.17. The van der Waals surface area contributed by atoms with Crippen molar-refractivity contribution in [3.8, 4) is 0 Å². The van der Waals surface area contributed by atoms with Gasteiger partial charge in [0.05, 0.1) is 23.9 Å². The molecule has 0 saturated heterocycles. The number of furan rings is 1. The predicted octanol–water partition coefficient (Wildman–Crippen LogP) is 2.90. The lowest BCUT2D eigenvalue weighted by Gasteiger charge is -2.13. The van der Waals surface area contributed by atoms with Crippen molar-refractivity contribution in [2.45, 2.75) is 19.4 Å². The van der Waals surface area contributed by atoms with E-state index in [1.54, 1.807) is 12.3 Å². The van der Waals surface area contributed by atoms with E-state index in [0.717, 1.165) is 12.2 Å². The Bertz CT molecular complexity index is 662. The van der Waals surface area contributed by atoms with Crippen LogP contribution < -0.4 is 10.6 Å². The normalized spacial score (nSPS) is 12.9. The van der Waals surface area contributed by atoms with Crippen LogP contribution in [0.1, 0.15) is 24.4 Å². The van der Waals surface area contributed by atoms with E-state index in [2.05, 4.69) is 15.6 Å². The summed E-state index contributed by atoms with van der Waals surface area (Å²) in [5.41, 5.74) is 0.437. The Morgan fingerprint density at radius 3 is 2.88 bits per heavy atom. The summed E-state index contributed by atoms with van der Waals surface area (Å²) in [5, 5.41) is 16.4. The van der Waals surface area contributed by atoms with E-state index < -0.39 is 11.9 Å². The number of aliphatic hydroxyl groups is 1. The van der Waals surface area contributed by atoms with Gasteiger partial charge in [0.25, 0.3) is 0 Å². The minimum atomic E-state index is -0.905. The third-order valence-corrected chi connectivity index (χ3v) is 3.65.